The highest BCUT2D eigenvalue weighted by Gasteiger charge is 2.42. The highest BCUT2D eigenvalue weighted by molar-refractivity contribution is 6.32. The van der Waals surface area contributed by atoms with Gasteiger partial charge in [0, 0.05) is 12.0 Å². The van der Waals surface area contributed by atoms with Crippen molar-refractivity contribution in [2.75, 3.05) is 19.8 Å². The van der Waals surface area contributed by atoms with E-state index in [1.807, 2.05) is 0 Å². The van der Waals surface area contributed by atoms with Crippen LogP contribution in [0.25, 0.3) is 0 Å². The highest BCUT2D eigenvalue weighted by Crippen LogP contribution is 2.44. The summed E-state index contributed by atoms with van der Waals surface area (Å²) in [6.07, 6.45) is 1.93. The lowest BCUT2D eigenvalue weighted by Crippen LogP contribution is -2.35. The van der Waals surface area contributed by atoms with Gasteiger partial charge in [-0.3, -0.25) is 4.79 Å². The number of halogens is 1. The van der Waals surface area contributed by atoms with Gasteiger partial charge in [0.25, 0.3) is 5.91 Å². The standard InChI is InChI=1S/C13H16ClNO3/c14-10-3-1-2-4-11(10)18-7-12(17)15-8-13(9-16)5-6-13/h1-4,16H,5-9H2,(H,15,17). The lowest BCUT2D eigenvalue weighted by molar-refractivity contribution is -0.123. The van der Waals surface area contributed by atoms with Crippen molar-refractivity contribution in [1.29, 1.82) is 0 Å². The maximum Gasteiger partial charge on any atom is 0.257 e. The zero-order valence-electron chi connectivity index (χ0n) is 9.99. The molecule has 0 atom stereocenters. The van der Waals surface area contributed by atoms with E-state index in [4.69, 9.17) is 21.4 Å². The molecular formula is C13H16ClNO3. The van der Waals surface area contributed by atoms with Crippen molar-refractivity contribution in [1.82, 2.24) is 5.32 Å². The summed E-state index contributed by atoms with van der Waals surface area (Å²) in [7, 11) is 0. The van der Waals surface area contributed by atoms with Gasteiger partial charge in [-0.1, -0.05) is 23.7 Å². The lowest BCUT2D eigenvalue weighted by Gasteiger charge is -2.13. The molecule has 1 aromatic rings. The van der Waals surface area contributed by atoms with E-state index in [0.717, 1.165) is 12.8 Å². The van der Waals surface area contributed by atoms with Crippen molar-refractivity contribution >= 4 is 17.5 Å². The molecule has 1 amide bonds. The Hall–Kier alpha value is -1.26. The Labute approximate surface area is 111 Å². The summed E-state index contributed by atoms with van der Waals surface area (Å²) in [4.78, 5) is 11.6. The number of nitrogens with one attached hydrogen (secondary N) is 1. The van der Waals surface area contributed by atoms with Crippen molar-refractivity contribution in [3.63, 3.8) is 0 Å². The van der Waals surface area contributed by atoms with Gasteiger partial charge in [0.05, 0.1) is 11.6 Å². The molecule has 0 saturated heterocycles. The summed E-state index contributed by atoms with van der Waals surface area (Å²) in [6.45, 7) is 0.568. The number of aliphatic hydroxyl groups is 1. The summed E-state index contributed by atoms with van der Waals surface area (Å²) in [5, 5.41) is 12.4. The molecule has 0 spiro atoms. The minimum Gasteiger partial charge on any atom is -0.482 e. The van der Waals surface area contributed by atoms with Gasteiger partial charge in [0.15, 0.2) is 6.61 Å². The molecule has 1 saturated carbocycles. The Morgan fingerprint density at radius 1 is 1.44 bits per heavy atom. The van der Waals surface area contributed by atoms with Crippen LogP contribution in [-0.2, 0) is 4.79 Å². The zero-order chi connectivity index (χ0) is 13.0. The highest BCUT2D eigenvalue weighted by atomic mass is 35.5. The summed E-state index contributed by atoms with van der Waals surface area (Å²) in [5.74, 6) is 0.298. The van der Waals surface area contributed by atoms with Crippen LogP contribution in [0.4, 0.5) is 0 Å². The maximum atomic E-state index is 11.6. The number of hydrogen-bond donors (Lipinski definition) is 2. The molecule has 0 heterocycles. The van der Waals surface area contributed by atoms with E-state index < -0.39 is 0 Å². The first-order chi connectivity index (χ1) is 8.65. The van der Waals surface area contributed by atoms with Crippen molar-refractivity contribution in [2.24, 2.45) is 5.41 Å². The third kappa shape index (κ3) is 3.37. The van der Waals surface area contributed by atoms with Crippen molar-refractivity contribution in [3.05, 3.63) is 29.3 Å². The third-order valence-corrected chi connectivity index (χ3v) is 3.46. The number of carbonyl (C=O) groups is 1. The molecule has 4 nitrogen and oxygen atoms in total. The molecule has 0 bridgehead atoms. The normalized spacial score (nSPS) is 16.1. The molecule has 1 aliphatic rings. The second-order valence-electron chi connectivity index (χ2n) is 4.65. The van der Waals surface area contributed by atoms with Gasteiger partial charge in [-0.05, 0) is 25.0 Å². The fourth-order valence-electron chi connectivity index (χ4n) is 1.61. The van der Waals surface area contributed by atoms with Gasteiger partial charge < -0.3 is 15.2 Å². The van der Waals surface area contributed by atoms with Crippen LogP contribution in [0.2, 0.25) is 5.02 Å². The van der Waals surface area contributed by atoms with Gasteiger partial charge in [0.2, 0.25) is 0 Å². The molecule has 0 radical (unpaired) electrons. The van der Waals surface area contributed by atoms with Crippen molar-refractivity contribution in [3.8, 4) is 5.75 Å². The number of hydrogen-bond acceptors (Lipinski definition) is 3. The lowest BCUT2D eigenvalue weighted by atomic mass is 10.1. The Morgan fingerprint density at radius 3 is 2.78 bits per heavy atom. The first-order valence-electron chi connectivity index (χ1n) is 5.90. The van der Waals surface area contributed by atoms with Crippen LogP contribution in [0.5, 0.6) is 5.75 Å². The largest absolute Gasteiger partial charge is 0.482 e. The summed E-state index contributed by atoms with van der Waals surface area (Å²) >= 11 is 5.90. The van der Waals surface area contributed by atoms with E-state index in [0.29, 0.717) is 17.3 Å². The van der Waals surface area contributed by atoms with Crippen LogP contribution < -0.4 is 10.1 Å². The smallest absolute Gasteiger partial charge is 0.257 e. The van der Waals surface area contributed by atoms with Gasteiger partial charge in [-0.2, -0.15) is 0 Å². The van der Waals surface area contributed by atoms with Crippen LogP contribution in [0.1, 0.15) is 12.8 Å². The molecule has 98 valence electrons. The molecular weight excluding hydrogens is 254 g/mol. The minimum absolute atomic E-state index is 0.0642. The van der Waals surface area contributed by atoms with Crippen molar-refractivity contribution in [2.45, 2.75) is 12.8 Å². The molecule has 2 rings (SSSR count). The maximum absolute atomic E-state index is 11.6. The summed E-state index contributed by atoms with van der Waals surface area (Å²) in [6, 6.07) is 7.02. The number of carbonyl (C=O) groups excluding carboxylic acids is 1. The fourth-order valence-corrected chi connectivity index (χ4v) is 1.80. The first kappa shape index (κ1) is 13.2. The molecule has 5 heteroatoms. The number of para-hydroxylation sites is 1. The number of amides is 1. The van der Waals surface area contributed by atoms with Crippen LogP contribution in [0, 0.1) is 5.41 Å². The fraction of sp³-hybridized carbons (Fsp3) is 0.462. The Kier molecular flexibility index (Phi) is 4.09. The van der Waals surface area contributed by atoms with E-state index in [1.165, 1.54) is 0 Å². The molecule has 0 unspecified atom stereocenters. The van der Waals surface area contributed by atoms with Crippen molar-refractivity contribution < 1.29 is 14.6 Å². The van der Waals surface area contributed by atoms with Gasteiger partial charge in [0.1, 0.15) is 5.75 Å². The van der Waals surface area contributed by atoms with E-state index in [2.05, 4.69) is 5.32 Å². The summed E-state index contributed by atoms with van der Waals surface area (Å²) in [5.41, 5.74) is -0.0833. The molecule has 1 aliphatic carbocycles. The van der Waals surface area contributed by atoms with E-state index in [9.17, 15) is 4.79 Å². The Balaban J connectivity index is 1.74. The Morgan fingerprint density at radius 2 is 2.17 bits per heavy atom. The molecule has 1 fully saturated rings. The van der Waals surface area contributed by atoms with Crippen LogP contribution >= 0.6 is 11.6 Å². The van der Waals surface area contributed by atoms with Crippen LogP contribution in [-0.4, -0.2) is 30.8 Å². The van der Waals surface area contributed by atoms with Gasteiger partial charge >= 0.3 is 0 Å². The Bertz CT molecular complexity index is 432. The quantitative estimate of drug-likeness (QED) is 0.825. The van der Waals surface area contributed by atoms with E-state index >= 15 is 0 Å². The number of ether oxygens (including phenoxy) is 1. The number of rotatable bonds is 6. The third-order valence-electron chi connectivity index (χ3n) is 3.15. The number of aliphatic hydroxyl groups excluding tert-OH is 1. The predicted octanol–water partition coefficient (Wildman–Crippen LogP) is 1.61. The second-order valence-corrected chi connectivity index (χ2v) is 5.06. The van der Waals surface area contributed by atoms with Crippen LogP contribution in [0.15, 0.2) is 24.3 Å². The van der Waals surface area contributed by atoms with Gasteiger partial charge in [-0.25, -0.2) is 0 Å². The summed E-state index contributed by atoms with van der Waals surface area (Å²) < 4.78 is 5.31. The minimum atomic E-state index is -0.199. The van der Waals surface area contributed by atoms with E-state index in [1.54, 1.807) is 24.3 Å². The predicted molar refractivity (Wildman–Crippen MR) is 68.7 cm³/mol. The molecule has 2 N–H and O–H groups in total. The average molecular weight is 270 g/mol. The van der Waals surface area contributed by atoms with Gasteiger partial charge in [-0.15, -0.1) is 0 Å². The molecule has 0 aliphatic heterocycles. The topological polar surface area (TPSA) is 58.6 Å². The SMILES string of the molecule is O=C(COc1ccccc1Cl)NCC1(CO)CC1. The average Bonchev–Trinajstić information content (AvgIpc) is 3.16. The molecule has 18 heavy (non-hydrogen) atoms. The second kappa shape index (κ2) is 5.59. The monoisotopic (exact) mass is 269 g/mol. The van der Waals surface area contributed by atoms with E-state index in [-0.39, 0.29) is 24.5 Å². The van der Waals surface area contributed by atoms with Crippen LogP contribution in [0.3, 0.4) is 0 Å². The molecule has 1 aromatic carbocycles. The number of benzene rings is 1. The molecule has 0 aromatic heterocycles. The zero-order valence-corrected chi connectivity index (χ0v) is 10.7. The first-order valence-corrected chi connectivity index (χ1v) is 6.28.